The molecule has 0 aliphatic heterocycles. The van der Waals surface area contributed by atoms with Crippen LogP contribution in [0.1, 0.15) is 30.2 Å². The van der Waals surface area contributed by atoms with Crippen molar-refractivity contribution in [1.82, 2.24) is 10.3 Å². The summed E-state index contributed by atoms with van der Waals surface area (Å²) in [6.45, 7) is 3.88. The first-order valence-electron chi connectivity index (χ1n) is 6.67. The molecule has 1 aromatic carbocycles. The van der Waals surface area contributed by atoms with Crippen molar-refractivity contribution < 1.29 is 4.39 Å². The van der Waals surface area contributed by atoms with Crippen molar-refractivity contribution in [3.8, 4) is 0 Å². The van der Waals surface area contributed by atoms with E-state index in [1.807, 2.05) is 24.3 Å². The number of hydrogen-bond donors (Lipinski definition) is 1. The Balaban J connectivity index is 2.15. The second-order valence-electron chi connectivity index (χ2n) is 4.59. The van der Waals surface area contributed by atoms with Gasteiger partial charge in [0.25, 0.3) is 0 Å². The topological polar surface area (TPSA) is 24.9 Å². The van der Waals surface area contributed by atoms with Crippen molar-refractivity contribution in [3.63, 3.8) is 0 Å². The summed E-state index contributed by atoms with van der Waals surface area (Å²) in [5.74, 6) is -0.190. The lowest BCUT2D eigenvalue weighted by atomic mass is 10.0. The number of hydrogen-bond acceptors (Lipinski definition) is 2. The molecule has 1 N–H and O–H groups in total. The minimum absolute atomic E-state index is 0.190. The van der Waals surface area contributed by atoms with Crippen LogP contribution in [0.5, 0.6) is 0 Å². The molecule has 1 aromatic heterocycles. The zero-order valence-electron chi connectivity index (χ0n) is 11.2. The van der Waals surface area contributed by atoms with Crippen LogP contribution in [0, 0.1) is 5.82 Å². The molecule has 0 radical (unpaired) electrons. The van der Waals surface area contributed by atoms with Crippen LogP contribution in [-0.2, 0) is 13.0 Å². The van der Waals surface area contributed by atoms with Crippen LogP contribution in [0.4, 0.5) is 4.39 Å². The molecule has 1 heterocycles. The van der Waals surface area contributed by atoms with E-state index in [2.05, 4.69) is 17.2 Å². The average molecular weight is 258 g/mol. The van der Waals surface area contributed by atoms with Crippen LogP contribution in [0.15, 0.2) is 42.6 Å². The summed E-state index contributed by atoms with van der Waals surface area (Å²) in [4.78, 5) is 4.30. The Morgan fingerprint density at radius 1 is 1.16 bits per heavy atom. The molecule has 0 unspecified atom stereocenters. The van der Waals surface area contributed by atoms with E-state index in [0.29, 0.717) is 6.42 Å². The first-order chi connectivity index (χ1) is 9.29. The Bertz CT molecular complexity index is 511. The Labute approximate surface area is 113 Å². The van der Waals surface area contributed by atoms with Gasteiger partial charge in [0.15, 0.2) is 0 Å². The molecular formula is C16H19FN2. The van der Waals surface area contributed by atoms with E-state index in [-0.39, 0.29) is 5.82 Å². The number of aromatic nitrogens is 1. The maximum atomic E-state index is 13.4. The largest absolute Gasteiger partial charge is 0.313 e. The second kappa shape index (κ2) is 7.00. The molecule has 0 saturated heterocycles. The highest BCUT2D eigenvalue weighted by Crippen LogP contribution is 2.15. The third kappa shape index (κ3) is 4.14. The van der Waals surface area contributed by atoms with Crippen LogP contribution in [0.25, 0.3) is 0 Å². The Morgan fingerprint density at radius 2 is 2.05 bits per heavy atom. The van der Waals surface area contributed by atoms with Crippen LogP contribution in [-0.4, -0.2) is 11.5 Å². The van der Waals surface area contributed by atoms with Crippen molar-refractivity contribution in [2.24, 2.45) is 0 Å². The van der Waals surface area contributed by atoms with Crippen LogP contribution < -0.4 is 5.32 Å². The fourth-order valence-electron chi connectivity index (χ4n) is 2.03. The van der Waals surface area contributed by atoms with E-state index < -0.39 is 0 Å². The summed E-state index contributed by atoms with van der Waals surface area (Å²) < 4.78 is 13.4. The van der Waals surface area contributed by atoms with Crippen molar-refractivity contribution in [1.29, 1.82) is 0 Å². The van der Waals surface area contributed by atoms with Gasteiger partial charge in [0.1, 0.15) is 5.82 Å². The normalized spacial score (nSPS) is 10.6. The van der Waals surface area contributed by atoms with Crippen molar-refractivity contribution in [3.05, 3.63) is 65.2 Å². The van der Waals surface area contributed by atoms with Gasteiger partial charge < -0.3 is 5.32 Å². The van der Waals surface area contributed by atoms with E-state index in [0.717, 1.165) is 36.3 Å². The number of halogens is 1. The fourth-order valence-corrected chi connectivity index (χ4v) is 2.03. The predicted molar refractivity (Wildman–Crippen MR) is 75.4 cm³/mol. The highest BCUT2D eigenvalue weighted by Gasteiger charge is 2.06. The third-order valence-electron chi connectivity index (χ3n) is 3.01. The molecule has 19 heavy (non-hydrogen) atoms. The van der Waals surface area contributed by atoms with Crippen LogP contribution in [0.2, 0.25) is 0 Å². The lowest BCUT2D eigenvalue weighted by Gasteiger charge is -2.10. The standard InChI is InChI=1S/C16H19FN2/c1-2-8-18-12-13-6-7-15(17)10-14(13)11-16-5-3-4-9-19-16/h3-7,9-10,18H,2,8,11-12H2,1H3. The zero-order chi connectivity index (χ0) is 13.5. The van der Waals surface area contributed by atoms with E-state index in [9.17, 15) is 4.39 Å². The van der Waals surface area contributed by atoms with Gasteiger partial charge in [-0.3, -0.25) is 4.98 Å². The SMILES string of the molecule is CCCNCc1ccc(F)cc1Cc1ccccn1. The van der Waals surface area contributed by atoms with E-state index in [1.54, 1.807) is 12.3 Å². The van der Waals surface area contributed by atoms with Gasteiger partial charge in [-0.1, -0.05) is 19.1 Å². The highest BCUT2D eigenvalue weighted by atomic mass is 19.1. The molecule has 0 aliphatic rings. The molecule has 0 bridgehead atoms. The van der Waals surface area contributed by atoms with E-state index >= 15 is 0 Å². The summed E-state index contributed by atoms with van der Waals surface area (Å²) >= 11 is 0. The lowest BCUT2D eigenvalue weighted by molar-refractivity contribution is 0.621. The number of nitrogens with zero attached hydrogens (tertiary/aromatic N) is 1. The molecule has 0 atom stereocenters. The summed E-state index contributed by atoms with van der Waals surface area (Å²) in [6.07, 6.45) is 3.53. The predicted octanol–water partition coefficient (Wildman–Crippen LogP) is 3.31. The summed E-state index contributed by atoms with van der Waals surface area (Å²) in [5, 5.41) is 3.35. The Morgan fingerprint density at radius 3 is 2.79 bits per heavy atom. The summed E-state index contributed by atoms with van der Waals surface area (Å²) in [5.41, 5.74) is 3.10. The lowest BCUT2D eigenvalue weighted by Crippen LogP contribution is -2.15. The molecule has 2 nitrogen and oxygen atoms in total. The maximum absolute atomic E-state index is 13.4. The van der Waals surface area contributed by atoms with Gasteiger partial charge in [0.2, 0.25) is 0 Å². The molecule has 0 fully saturated rings. The van der Waals surface area contributed by atoms with Gasteiger partial charge >= 0.3 is 0 Å². The smallest absolute Gasteiger partial charge is 0.123 e. The minimum atomic E-state index is -0.190. The zero-order valence-corrected chi connectivity index (χ0v) is 11.2. The van der Waals surface area contributed by atoms with Crippen molar-refractivity contribution in [2.75, 3.05) is 6.54 Å². The van der Waals surface area contributed by atoms with Gasteiger partial charge in [-0.15, -0.1) is 0 Å². The van der Waals surface area contributed by atoms with Crippen molar-refractivity contribution in [2.45, 2.75) is 26.3 Å². The van der Waals surface area contributed by atoms with Crippen LogP contribution in [0.3, 0.4) is 0 Å². The molecule has 2 aromatic rings. The molecule has 3 heteroatoms. The number of nitrogens with one attached hydrogen (secondary N) is 1. The number of pyridine rings is 1. The van der Waals surface area contributed by atoms with Gasteiger partial charge in [-0.2, -0.15) is 0 Å². The average Bonchev–Trinajstić information content (AvgIpc) is 2.43. The molecular weight excluding hydrogens is 239 g/mol. The van der Waals surface area contributed by atoms with E-state index in [1.165, 1.54) is 6.07 Å². The first-order valence-corrected chi connectivity index (χ1v) is 6.67. The van der Waals surface area contributed by atoms with Gasteiger partial charge in [-0.25, -0.2) is 4.39 Å². The summed E-state index contributed by atoms with van der Waals surface area (Å²) in [7, 11) is 0. The fraction of sp³-hybridized carbons (Fsp3) is 0.312. The maximum Gasteiger partial charge on any atom is 0.123 e. The van der Waals surface area contributed by atoms with Gasteiger partial charge in [0, 0.05) is 24.9 Å². The van der Waals surface area contributed by atoms with E-state index in [4.69, 9.17) is 0 Å². The monoisotopic (exact) mass is 258 g/mol. The molecule has 2 rings (SSSR count). The van der Waals surface area contributed by atoms with Crippen LogP contribution >= 0.6 is 0 Å². The number of benzene rings is 1. The van der Waals surface area contributed by atoms with Gasteiger partial charge in [-0.05, 0) is 48.4 Å². The number of rotatable bonds is 6. The van der Waals surface area contributed by atoms with Gasteiger partial charge in [0.05, 0.1) is 0 Å². The second-order valence-corrected chi connectivity index (χ2v) is 4.59. The molecule has 0 spiro atoms. The molecule has 0 aliphatic carbocycles. The molecule has 0 saturated carbocycles. The first kappa shape index (κ1) is 13.7. The molecule has 0 amide bonds. The Kier molecular flexibility index (Phi) is 5.04. The third-order valence-corrected chi connectivity index (χ3v) is 3.01. The molecule has 100 valence electrons. The Hall–Kier alpha value is -1.74. The van der Waals surface area contributed by atoms with Crippen molar-refractivity contribution >= 4 is 0 Å². The highest BCUT2D eigenvalue weighted by molar-refractivity contribution is 5.31. The minimum Gasteiger partial charge on any atom is -0.313 e. The summed E-state index contributed by atoms with van der Waals surface area (Å²) in [6, 6.07) is 10.8. The quantitative estimate of drug-likeness (QED) is 0.804.